The van der Waals surface area contributed by atoms with Crippen LogP contribution in [0.3, 0.4) is 0 Å². The maximum absolute atomic E-state index is 9.43. The minimum absolute atomic E-state index is 0.119. The number of phenolic OH excluding ortho intramolecular Hbond substituents is 1. The zero-order valence-corrected chi connectivity index (χ0v) is 8.18. The molecular weight excluding hydrogens is 188 g/mol. The van der Waals surface area contributed by atoms with Crippen molar-refractivity contribution in [1.29, 1.82) is 0 Å². The Kier molecular flexibility index (Phi) is 2.88. The predicted molar refractivity (Wildman–Crippen MR) is 57.7 cm³/mol. The molecule has 2 aromatic carbocycles. The van der Waals surface area contributed by atoms with Crippen molar-refractivity contribution in [2.45, 2.75) is 6.61 Å². The van der Waals surface area contributed by atoms with E-state index in [9.17, 15) is 5.11 Å². The zero-order chi connectivity index (χ0) is 10.5. The maximum Gasteiger partial charge on any atom is 0.161 e. The minimum atomic E-state index is 0.119. The Morgan fingerprint density at radius 3 is 2.67 bits per heavy atom. The van der Waals surface area contributed by atoms with Gasteiger partial charge in [0.1, 0.15) is 6.61 Å². The number of phenols is 1. The van der Waals surface area contributed by atoms with E-state index in [2.05, 4.69) is 6.07 Å². The molecule has 0 heterocycles. The second-order valence-electron chi connectivity index (χ2n) is 3.17. The number of rotatable bonds is 3. The van der Waals surface area contributed by atoms with Crippen LogP contribution in [0.4, 0.5) is 0 Å². The molecule has 0 aliphatic rings. The molecule has 2 aromatic rings. The van der Waals surface area contributed by atoms with Crippen molar-refractivity contribution in [1.82, 2.24) is 0 Å². The van der Waals surface area contributed by atoms with Crippen molar-refractivity contribution >= 4 is 0 Å². The highest BCUT2D eigenvalue weighted by Gasteiger charge is 2.00. The zero-order valence-electron chi connectivity index (χ0n) is 8.18. The molecule has 0 aliphatic carbocycles. The van der Waals surface area contributed by atoms with Crippen LogP contribution in [0.25, 0.3) is 0 Å². The van der Waals surface area contributed by atoms with E-state index < -0.39 is 0 Å². The highest BCUT2D eigenvalue weighted by atomic mass is 16.5. The fraction of sp³-hybridized carbons (Fsp3) is 0.0769. The summed E-state index contributed by atoms with van der Waals surface area (Å²) < 4.78 is 5.45. The van der Waals surface area contributed by atoms with Crippen LogP contribution in [0.2, 0.25) is 0 Å². The predicted octanol–water partition coefficient (Wildman–Crippen LogP) is 2.77. The largest absolute Gasteiger partial charge is 0.504 e. The van der Waals surface area contributed by atoms with E-state index in [0.29, 0.717) is 12.4 Å². The van der Waals surface area contributed by atoms with Crippen LogP contribution in [0, 0.1) is 6.07 Å². The van der Waals surface area contributed by atoms with Gasteiger partial charge in [-0.1, -0.05) is 36.4 Å². The molecule has 0 spiro atoms. The Labute approximate surface area is 88.8 Å². The van der Waals surface area contributed by atoms with E-state index in [1.54, 1.807) is 12.1 Å². The Hall–Kier alpha value is -1.96. The molecule has 2 rings (SSSR count). The second-order valence-corrected chi connectivity index (χ2v) is 3.17. The van der Waals surface area contributed by atoms with E-state index in [1.165, 1.54) is 6.07 Å². The smallest absolute Gasteiger partial charge is 0.161 e. The van der Waals surface area contributed by atoms with Crippen LogP contribution in [0.15, 0.2) is 48.5 Å². The van der Waals surface area contributed by atoms with Crippen molar-refractivity contribution in [2.24, 2.45) is 0 Å². The summed E-state index contributed by atoms with van der Waals surface area (Å²) in [6.45, 7) is 0.457. The summed E-state index contributed by atoms with van der Waals surface area (Å²) >= 11 is 0. The highest BCUT2D eigenvalue weighted by molar-refractivity contribution is 5.37. The second kappa shape index (κ2) is 4.51. The molecule has 1 radical (unpaired) electrons. The van der Waals surface area contributed by atoms with Crippen LogP contribution in [-0.4, -0.2) is 5.11 Å². The maximum atomic E-state index is 9.43. The molecule has 0 fully saturated rings. The number of hydrogen-bond donors (Lipinski definition) is 1. The van der Waals surface area contributed by atoms with E-state index in [-0.39, 0.29) is 5.75 Å². The van der Waals surface area contributed by atoms with Crippen LogP contribution >= 0.6 is 0 Å². The average molecular weight is 199 g/mol. The summed E-state index contributed by atoms with van der Waals surface area (Å²) in [5, 5.41) is 9.43. The van der Waals surface area contributed by atoms with Gasteiger partial charge in [0.05, 0.1) is 0 Å². The van der Waals surface area contributed by atoms with Gasteiger partial charge in [0, 0.05) is 0 Å². The summed E-state index contributed by atoms with van der Waals surface area (Å²) in [5.41, 5.74) is 1.07. The lowest BCUT2D eigenvalue weighted by molar-refractivity contribution is 0.289. The topological polar surface area (TPSA) is 29.5 Å². The molecular formula is C13H11O2. The van der Waals surface area contributed by atoms with Crippen LogP contribution < -0.4 is 4.74 Å². The van der Waals surface area contributed by atoms with Gasteiger partial charge in [0.2, 0.25) is 0 Å². The van der Waals surface area contributed by atoms with Gasteiger partial charge in [-0.05, 0) is 23.8 Å². The van der Waals surface area contributed by atoms with Gasteiger partial charge in [0.15, 0.2) is 11.5 Å². The minimum Gasteiger partial charge on any atom is -0.504 e. The Morgan fingerprint density at radius 2 is 1.93 bits per heavy atom. The molecule has 0 saturated carbocycles. The first kappa shape index (κ1) is 9.59. The third-order valence-electron chi connectivity index (χ3n) is 2.04. The van der Waals surface area contributed by atoms with Crippen LogP contribution in [0.5, 0.6) is 11.5 Å². The molecule has 0 amide bonds. The molecule has 2 nitrogen and oxygen atoms in total. The standard InChI is InChI=1S/C13H11O2/c14-12-8-4-5-9-13(12)15-10-11-6-2-1-3-7-11/h1-3,5-9,14H,10H2. The molecule has 0 saturated heterocycles. The first-order valence-electron chi connectivity index (χ1n) is 4.72. The molecule has 0 aromatic heterocycles. The summed E-state index contributed by atoms with van der Waals surface area (Å²) in [6.07, 6.45) is 0. The number of ether oxygens (including phenoxy) is 1. The Bertz CT molecular complexity index is 424. The molecule has 75 valence electrons. The van der Waals surface area contributed by atoms with E-state index >= 15 is 0 Å². The third kappa shape index (κ3) is 2.50. The molecule has 0 unspecified atom stereocenters. The van der Waals surface area contributed by atoms with Gasteiger partial charge in [-0.25, -0.2) is 0 Å². The molecule has 2 heteroatoms. The summed E-state index contributed by atoms with van der Waals surface area (Å²) in [7, 11) is 0. The first-order chi connectivity index (χ1) is 7.36. The number of benzene rings is 2. The summed E-state index contributed by atoms with van der Waals surface area (Å²) in [5.74, 6) is 0.603. The fourth-order valence-corrected chi connectivity index (χ4v) is 1.26. The van der Waals surface area contributed by atoms with Gasteiger partial charge in [0.25, 0.3) is 0 Å². The molecule has 0 bridgehead atoms. The van der Waals surface area contributed by atoms with E-state index in [4.69, 9.17) is 4.74 Å². The number of aromatic hydroxyl groups is 1. The lowest BCUT2D eigenvalue weighted by atomic mass is 10.2. The third-order valence-corrected chi connectivity index (χ3v) is 2.04. The lowest BCUT2D eigenvalue weighted by Gasteiger charge is -2.07. The monoisotopic (exact) mass is 199 g/mol. The molecule has 0 atom stereocenters. The highest BCUT2D eigenvalue weighted by Crippen LogP contribution is 2.24. The van der Waals surface area contributed by atoms with Crippen LogP contribution in [0.1, 0.15) is 5.56 Å². The van der Waals surface area contributed by atoms with Gasteiger partial charge in [-0.2, -0.15) is 0 Å². The molecule has 15 heavy (non-hydrogen) atoms. The quantitative estimate of drug-likeness (QED) is 0.823. The Morgan fingerprint density at radius 1 is 1.13 bits per heavy atom. The van der Waals surface area contributed by atoms with Gasteiger partial charge >= 0.3 is 0 Å². The summed E-state index contributed by atoms with van der Waals surface area (Å²) in [4.78, 5) is 0. The van der Waals surface area contributed by atoms with Crippen molar-refractivity contribution in [3.8, 4) is 11.5 Å². The van der Waals surface area contributed by atoms with Crippen molar-refractivity contribution in [3.05, 3.63) is 60.2 Å². The van der Waals surface area contributed by atoms with Gasteiger partial charge in [-0.15, -0.1) is 0 Å². The van der Waals surface area contributed by atoms with Crippen molar-refractivity contribution in [3.63, 3.8) is 0 Å². The lowest BCUT2D eigenvalue weighted by Crippen LogP contribution is -1.94. The number of hydrogen-bond acceptors (Lipinski definition) is 2. The van der Waals surface area contributed by atoms with E-state index in [0.717, 1.165) is 5.56 Å². The first-order valence-corrected chi connectivity index (χ1v) is 4.72. The molecule has 0 aliphatic heterocycles. The van der Waals surface area contributed by atoms with Gasteiger partial charge < -0.3 is 9.84 Å². The van der Waals surface area contributed by atoms with Crippen molar-refractivity contribution in [2.75, 3.05) is 0 Å². The summed E-state index contributed by atoms with van der Waals surface area (Å²) in [6, 6.07) is 17.5. The fourth-order valence-electron chi connectivity index (χ4n) is 1.26. The van der Waals surface area contributed by atoms with Crippen LogP contribution in [-0.2, 0) is 6.61 Å². The van der Waals surface area contributed by atoms with Crippen molar-refractivity contribution < 1.29 is 9.84 Å². The Balaban J connectivity index is 2.03. The van der Waals surface area contributed by atoms with E-state index in [1.807, 2.05) is 30.3 Å². The average Bonchev–Trinajstić information content (AvgIpc) is 2.29. The van der Waals surface area contributed by atoms with Gasteiger partial charge in [-0.3, -0.25) is 0 Å². The SMILES string of the molecule is Oc1c[c]ccc1OCc1ccccc1. The molecule has 1 N–H and O–H groups in total. The normalized spacial score (nSPS) is 9.87.